The molecule has 1 fully saturated rings. The average molecular weight is 488 g/mol. The number of nitrogens with one attached hydrogen (secondary N) is 1. The second kappa shape index (κ2) is 9.43. The first kappa shape index (κ1) is 22.0. The van der Waals surface area contributed by atoms with E-state index in [0.29, 0.717) is 27.1 Å². The lowest BCUT2D eigenvalue weighted by atomic mass is 10.1. The number of amides is 3. The number of hydrogen-bond donors (Lipinski definition) is 1. The molecular weight excluding hydrogens is 470 g/mol. The first-order chi connectivity index (χ1) is 14.8. The molecule has 0 aliphatic carbocycles. The largest absolute Gasteiger partial charge is 0.493 e. The highest BCUT2D eigenvalue weighted by atomic mass is 79.9. The van der Waals surface area contributed by atoms with Gasteiger partial charge in [-0.2, -0.15) is 0 Å². The maximum absolute atomic E-state index is 12.4. The molecule has 10 heteroatoms. The number of nitrogens with zero attached hydrogens (tertiary/aromatic N) is 2. The number of imide groups is 1. The summed E-state index contributed by atoms with van der Waals surface area (Å²) in [5.74, 6) is 0.323. The maximum atomic E-state index is 12.4. The third kappa shape index (κ3) is 4.92. The molecule has 0 spiro atoms. The Morgan fingerprint density at radius 1 is 1.29 bits per heavy atom. The first-order valence-electron chi connectivity index (χ1n) is 9.03. The van der Waals surface area contributed by atoms with Gasteiger partial charge < -0.3 is 14.8 Å². The molecule has 160 valence electrons. The van der Waals surface area contributed by atoms with E-state index in [-0.39, 0.29) is 24.5 Å². The summed E-state index contributed by atoms with van der Waals surface area (Å²) < 4.78 is 11.8. The van der Waals surface area contributed by atoms with Gasteiger partial charge in [0.15, 0.2) is 11.5 Å². The van der Waals surface area contributed by atoms with E-state index in [1.54, 1.807) is 24.3 Å². The van der Waals surface area contributed by atoms with Crippen LogP contribution in [0.2, 0.25) is 0 Å². The van der Waals surface area contributed by atoms with Crippen molar-refractivity contribution in [1.29, 1.82) is 0 Å². The van der Waals surface area contributed by atoms with Crippen LogP contribution in [0.3, 0.4) is 0 Å². The molecule has 9 nitrogen and oxygen atoms in total. The summed E-state index contributed by atoms with van der Waals surface area (Å²) in [6.07, 6.45) is 2.99. The van der Waals surface area contributed by atoms with Gasteiger partial charge in [0.05, 0.1) is 16.5 Å². The lowest BCUT2D eigenvalue weighted by Crippen LogP contribution is -2.30. The lowest BCUT2D eigenvalue weighted by Gasteiger charge is -2.14. The highest BCUT2D eigenvalue weighted by molar-refractivity contribution is 9.10. The zero-order chi connectivity index (χ0) is 22.5. The first-order valence-corrected chi connectivity index (χ1v) is 9.82. The molecule has 0 radical (unpaired) electrons. The second-order valence-electron chi connectivity index (χ2n) is 6.44. The van der Waals surface area contributed by atoms with E-state index in [1.807, 2.05) is 0 Å². The van der Waals surface area contributed by atoms with Crippen molar-refractivity contribution in [2.75, 3.05) is 13.7 Å². The Kier molecular flexibility index (Phi) is 6.71. The van der Waals surface area contributed by atoms with Crippen LogP contribution in [0.25, 0.3) is 6.08 Å². The molecule has 31 heavy (non-hydrogen) atoms. The molecule has 1 aliphatic rings. The van der Waals surface area contributed by atoms with Crippen LogP contribution in [0.4, 0.5) is 10.5 Å². The van der Waals surface area contributed by atoms with Crippen molar-refractivity contribution in [1.82, 2.24) is 10.2 Å². The zero-order valence-electron chi connectivity index (χ0n) is 16.5. The van der Waals surface area contributed by atoms with Gasteiger partial charge >= 0.3 is 6.03 Å². The topological polar surface area (TPSA) is 111 Å². The Labute approximate surface area is 186 Å². The SMILES string of the molecule is C=CCN1C(=O)N/C(=C/c2cc(Br)c(OCc3cccc([N+](=O)[O-])c3)c(OC)c2)C1=O. The number of rotatable bonds is 8. The standard InChI is InChI=1S/C21H18BrN3O6/c1-3-7-24-20(26)17(23-21(24)27)10-14-9-16(22)19(18(11-14)30-2)31-12-13-5-4-6-15(8-13)25(28)29/h3-6,8-11H,1,7,12H2,2H3,(H,23,27)/b17-10+. The Hall–Kier alpha value is -3.66. The number of ether oxygens (including phenoxy) is 2. The fourth-order valence-corrected chi connectivity index (χ4v) is 3.49. The number of urea groups is 1. The number of carbonyl (C=O) groups is 2. The smallest absolute Gasteiger partial charge is 0.329 e. The van der Waals surface area contributed by atoms with Crippen LogP contribution in [0.15, 0.2) is 59.2 Å². The maximum Gasteiger partial charge on any atom is 0.329 e. The van der Waals surface area contributed by atoms with Crippen LogP contribution in [-0.4, -0.2) is 35.4 Å². The average Bonchev–Trinajstić information content (AvgIpc) is 3.00. The predicted molar refractivity (Wildman–Crippen MR) is 117 cm³/mol. The highest BCUT2D eigenvalue weighted by Crippen LogP contribution is 2.38. The van der Waals surface area contributed by atoms with Gasteiger partial charge in [0.2, 0.25) is 0 Å². The highest BCUT2D eigenvalue weighted by Gasteiger charge is 2.32. The second-order valence-corrected chi connectivity index (χ2v) is 7.30. The molecule has 1 heterocycles. The van der Waals surface area contributed by atoms with Crippen molar-refractivity contribution < 1.29 is 24.0 Å². The summed E-state index contributed by atoms with van der Waals surface area (Å²) >= 11 is 3.42. The summed E-state index contributed by atoms with van der Waals surface area (Å²) in [7, 11) is 1.47. The number of hydrogen-bond acceptors (Lipinski definition) is 6. The van der Waals surface area contributed by atoms with Crippen LogP contribution >= 0.6 is 15.9 Å². The van der Waals surface area contributed by atoms with Gasteiger partial charge in [-0.15, -0.1) is 6.58 Å². The molecule has 1 aliphatic heterocycles. The number of halogens is 1. The van der Waals surface area contributed by atoms with Crippen molar-refractivity contribution in [3.8, 4) is 11.5 Å². The van der Waals surface area contributed by atoms with Gasteiger partial charge in [0.1, 0.15) is 12.3 Å². The quantitative estimate of drug-likeness (QED) is 0.198. The molecule has 2 aromatic carbocycles. The van der Waals surface area contributed by atoms with Gasteiger partial charge in [-0.1, -0.05) is 18.2 Å². The van der Waals surface area contributed by atoms with Crippen LogP contribution in [0.1, 0.15) is 11.1 Å². The Balaban J connectivity index is 1.83. The van der Waals surface area contributed by atoms with Crippen molar-refractivity contribution in [2.24, 2.45) is 0 Å². The molecular formula is C21H18BrN3O6. The molecule has 0 saturated carbocycles. The summed E-state index contributed by atoms with van der Waals surface area (Å²) in [4.78, 5) is 35.8. The third-order valence-electron chi connectivity index (χ3n) is 4.34. The van der Waals surface area contributed by atoms with Gasteiger partial charge in [0.25, 0.3) is 11.6 Å². The molecule has 0 aromatic heterocycles. The number of nitro groups is 1. The molecule has 1 saturated heterocycles. The van der Waals surface area contributed by atoms with Crippen molar-refractivity contribution in [3.63, 3.8) is 0 Å². The number of benzene rings is 2. The van der Waals surface area contributed by atoms with E-state index in [0.717, 1.165) is 4.90 Å². The van der Waals surface area contributed by atoms with E-state index >= 15 is 0 Å². The number of non-ortho nitro benzene ring substituents is 1. The van der Waals surface area contributed by atoms with E-state index in [9.17, 15) is 19.7 Å². The van der Waals surface area contributed by atoms with Crippen LogP contribution in [-0.2, 0) is 11.4 Å². The van der Waals surface area contributed by atoms with Gasteiger partial charge in [-0.05, 0) is 45.3 Å². The van der Waals surface area contributed by atoms with Gasteiger partial charge in [-0.3, -0.25) is 19.8 Å². The Bertz CT molecular complexity index is 1100. The molecule has 2 aromatic rings. The normalized spacial score (nSPS) is 14.5. The van der Waals surface area contributed by atoms with E-state index in [2.05, 4.69) is 27.8 Å². The molecule has 3 amide bonds. The Morgan fingerprint density at radius 2 is 2.06 bits per heavy atom. The summed E-state index contributed by atoms with van der Waals surface area (Å²) in [6.45, 7) is 3.73. The summed E-state index contributed by atoms with van der Waals surface area (Å²) in [5, 5.41) is 13.5. The molecule has 0 atom stereocenters. The number of nitro benzene ring substituents is 1. The van der Waals surface area contributed by atoms with Crippen LogP contribution in [0.5, 0.6) is 11.5 Å². The number of carbonyl (C=O) groups excluding carboxylic acids is 2. The summed E-state index contributed by atoms with van der Waals surface area (Å²) in [6, 6.07) is 8.98. The number of methoxy groups -OCH3 is 1. The van der Waals surface area contributed by atoms with E-state index in [4.69, 9.17) is 9.47 Å². The minimum absolute atomic E-state index is 0.0251. The molecule has 1 N–H and O–H groups in total. The predicted octanol–water partition coefficient (Wildman–Crippen LogP) is 4.02. The monoisotopic (exact) mass is 487 g/mol. The molecule has 3 rings (SSSR count). The Morgan fingerprint density at radius 3 is 2.74 bits per heavy atom. The molecule has 0 bridgehead atoms. The van der Waals surface area contributed by atoms with Crippen molar-refractivity contribution >= 4 is 39.6 Å². The van der Waals surface area contributed by atoms with E-state index in [1.165, 1.54) is 31.4 Å². The summed E-state index contributed by atoms with van der Waals surface area (Å²) in [5.41, 5.74) is 1.32. The zero-order valence-corrected chi connectivity index (χ0v) is 18.0. The minimum Gasteiger partial charge on any atom is -0.493 e. The lowest BCUT2D eigenvalue weighted by molar-refractivity contribution is -0.384. The van der Waals surface area contributed by atoms with E-state index < -0.39 is 16.9 Å². The fraction of sp³-hybridized carbons (Fsp3) is 0.143. The van der Waals surface area contributed by atoms with Crippen molar-refractivity contribution in [3.05, 3.63) is 80.5 Å². The minimum atomic E-state index is -0.515. The van der Waals surface area contributed by atoms with Crippen LogP contribution in [0, 0.1) is 10.1 Å². The fourth-order valence-electron chi connectivity index (χ4n) is 2.91. The van der Waals surface area contributed by atoms with Crippen molar-refractivity contribution in [2.45, 2.75) is 6.61 Å². The third-order valence-corrected chi connectivity index (χ3v) is 4.93. The van der Waals surface area contributed by atoms with Gasteiger partial charge in [-0.25, -0.2) is 4.79 Å². The van der Waals surface area contributed by atoms with Gasteiger partial charge in [0, 0.05) is 18.7 Å². The molecule has 0 unspecified atom stereocenters. The van der Waals surface area contributed by atoms with Crippen LogP contribution < -0.4 is 14.8 Å².